The largest absolute Gasteiger partial charge is 0.368 e. The lowest BCUT2D eigenvalue weighted by molar-refractivity contribution is -0.145. The molecule has 2 N–H and O–H groups in total. The molecule has 0 spiro atoms. The Balaban J connectivity index is 3.89. The summed E-state index contributed by atoms with van der Waals surface area (Å²) in [4.78, 5) is 2.11. The third-order valence-corrected chi connectivity index (χ3v) is 5.24. The van der Waals surface area contributed by atoms with Crippen LogP contribution in [0.15, 0.2) is 0 Å². The van der Waals surface area contributed by atoms with E-state index < -0.39 is 12.6 Å². The molecule has 0 aliphatic carbocycles. The lowest BCUT2D eigenvalue weighted by atomic mass is 9.99. The van der Waals surface area contributed by atoms with Crippen LogP contribution in [0.1, 0.15) is 79.1 Å². The van der Waals surface area contributed by atoms with Crippen molar-refractivity contribution in [2.45, 2.75) is 91.6 Å². The van der Waals surface area contributed by atoms with Gasteiger partial charge in [0.1, 0.15) is 0 Å². The summed E-state index contributed by atoms with van der Waals surface area (Å²) in [7, 11) is 2.01. The molecule has 0 radical (unpaired) electrons. The van der Waals surface area contributed by atoms with Crippen molar-refractivity contribution < 1.29 is 19.7 Å². The van der Waals surface area contributed by atoms with Gasteiger partial charge in [-0.3, -0.25) is 0 Å². The molecule has 0 amide bonds. The highest BCUT2D eigenvalue weighted by atomic mass is 16.6. The first-order valence-electron chi connectivity index (χ1n) is 10.8. The second-order valence-electron chi connectivity index (χ2n) is 7.45. The predicted molar refractivity (Wildman–Crippen MR) is 108 cm³/mol. The summed E-state index contributed by atoms with van der Waals surface area (Å²) in [6, 6.07) is 0. The summed E-state index contributed by atoms with van der Waals surface area (Å²) in [5.74, 6) is 0.459. The normalized spacial score (nSPS) is 16.6. The quantitative estimate of drug-likeness (QED) is 0.354. The Hall–Kier alpha value is -0.200. The molecule has 0 saturated heterocycles. The zero-order chi connectivity index (χ0) is 19.8. The minimum atomic E-state index is -0.665. The third kappa shape index (κ3) is 12.2. The summed E-state index contributed by atoms with van der Waals surface area (Å²) >= 11 is 0. The SMILES string of the molecule is CCCCC(CC)C(O)OCCN(C)CCOC(O)C(CC)CCCC. The summed E-state index contributed by atoms with van der Waals surface area (Å²) < 4.78 is 11.2. The molecule has 158 valence electrons. The molecule has 0 aliphatic heterocycles. The minimum absolute atomic E-state index is 0.229. The van der Waals surface area contributed by atoms with E-state index in [4.69, 9.17) is 9.47 Å². The molecule has 4 atom stereocenters. The van der Waals surface area contributed by atoms with Crippen LogP contribution in [0.25, 0.3) is 0 Å². The lowest BCUT2D eigenvalue weighted by Crippen LogP contribution is -2.32. The Morgan fingerprint density at radius 2 is 1.12 bits per heavy atom. The second-order valence-corrected chi connectivity index (χ2v) is 7.45. The van der Waals surface area contributed by atoms with Crippen molar-refractivity contribution in [2.75, 3.05) is 33.4 Å². The van der Waals surface area contributed by atoms with Crippen LogP contribution < -0.4 is 0 Å². The van der Waals surface area contributed by atoms with Gasteiger partial charge in [0.25, 0.3) is 0 Å². The molecule has 4 unspecified atom stereocenters. The highest BCUT2D eigenvalue weighted by Gasteiger charge is 2.18. The molecule has 0 aromatic carbocycles. The number of ether oxygens (including phenoxy) is 2. The van der Waals surface area contributed by atoms with Crippen molar-refractivity contribution in [3.63, 3.8) is 0 Å². The van der Waals surface area contributed by atoms with Crippen LogP contribution in [0, 0.1) is 11.8 Å². The number of likely N-dealkylation sites (N-methyl/N-ethyl adjacent to an activating group) is 1. The van der Waals surface area contributed by atoms with Gasteiger partial charge in [-0.1, -0.05) is 53.4 Å². The molecule has 0 saturated carbocycles. The average Bonchev–Trinajstić information content (AvgIpc) is 2.63. The van der Waals surface area contributed by atoms with Gasteiger partial charge in [0, 0.05) is 24.9 Å². The van der Waals surface area contributed by atoms with E-state index in [0.29, 0.717) is 13.2 Å². The maximum absolute atomic E-state index is 10.2. The number of rotatable bonds is 18. The summed E-state index contributed by atoms with van der Waals surface area (Å²) in [6.07, 6.45) is 7.16. The Labute approximate surface area is 162 Å². The zero-order valence-corrected chi connectivity index (χ0v) is 18.0. The monoisotopic (exact) mass is 375 g/mol. The fourth-order valence-electron chi connectivity index (χ4n) is 3.07. The molecule has 0 aromatic rings. The number of aliphatic hydroxyl groups is 2. The maximum Gasteiger partial charge on any atom is 0.157 e. The Bertz CT molecular complexity index is 276. The van der Waals surface area contributed by atoms with Gasteiger partial charge in [-0.15, -0.1) is 0 Å². The van der Waals surface area contributed by atoms with Crippen LogP contribution >= 0.6 is 0 Å². The zero-order valence-electron chi connectivity index (χ0n) is 18.0. The minimum Gasteiger partial charge on any atom is -0.368 e. The van der Waals surface area contributed by atoms with Gasteiger partial charge in [-0.05, 0) is 32.7 Å². The molecular weight excluding hydrogens is 330 g/mol. The van der Waals surface area contributed by atoms with E-state index in [1.54, 1.807) is 0 Å². The highest BCUT2D eigenvalue weighted by Crippen LogP contribution is 2.18. The van der Waals surface area contributed by atoms with E-state index in [0.717, 1.165) is 64.5 Å². The van der Waals surface area contributed by atoms with Crippen molar-refractivity contribution in [1.29, 1.82) is 0 Å². The van der Waals surface area contributed by atoms with Crippen LogP contribution in [0.2, 0.25) is 0 Å². The second kappa shape index (κ2) is 16.9. The number of nitrogens with zero attached hydrogens (tertiary/aromatic N) is 1. The van der Waals surface area contributed by atoms with Crippen LogP contribution in [-0.2, 0) is 9.47 Å². The summed E-state index contributed by atoms with van der Waals surface area (Å²) in [5, 5.41) is 20.3. The molecule has 5 nitrogen and oxygen atoms in total. The standard InChI is InChI=1S/C21H45NO4/c1-6-10-12-18(8-3)20(23)25-16-14-22(5)15-17-26-21(24)19(9-4)13-11-7-2/h18-21,23-24H,6-17H2,1-5H3. The molecule has 26 heavy (non-hydrogen) atoms. The first kappa shape index (κ1) is 25.8. The number of hydrogen-bond acceptors (Lipinski definition) is 5. The van der Waals surface area contributed by atoms with Crippen molar-refractivity contribution in [3.05, 3.63) is 0 Å². The molecular formula is C21H45NO4. The first-order valence-corrected chi connectivity index (χ1v) is 10.8. The van der Waals surface area contributed by atoms with Gasteiger partial charge in [-0.2, -0.15) is 0 Å². The first-order chi connectivity index (χ1) is 12.5. The van der Waals surface area contributed by atoms with Crippen molar-refractivity contribution in [1.82, 2.24) is 4.90 Å². The maximum atomic E-state index is 10.2. The third-order valence-electron chi connectivity index (χ3n) is 5.24. The van der Waals surface area contributed by atoms with E-state index in [9.17, 15) is 10.2 Å². The molecule has 0 aromatic heterocycles. The van der Waals surface area contributed by atoms with E-state index in [1.165, 1.54) is 0 Å². The summed E-state index contributed by atoms with van der Waals surface area (Å²) in [5.41, 5.74) is 0. The van der Waals surface area contributed by atoms with Crippen molar-refractivity contribution in [3.8, 4) is 0 Å². The van der Waals surface area contributed by atoms with Crippen molar-refractivity contribution >= 4 is 0 Å². The van der Waals surface area contributed by atoms with E-state index in [-0.39, 0.29) is 11.8 Å². The van der Waals surface area contributed by atoms with Gasteiger partial charge in [0.2, 0.25) is 0 Å². The number of unbranched alkanes of at least 4 members (excludes halogenated alkanes) is 2. The van der Waals surface area contributed by atoms with Crippen LogP contribution in [-0.4, -0.2) is 61.0 Å². The highest BCUT2D eigenvalue weighted by molar-refractivity contribution is 4.62. The van der Waals surface area contributed by atoms with Crippen LogP contribution in [0.3, 0.4) is 0 Å². The van der Waals surface area contributed by atoms with Gasteiger partial charge in [0.05, 0.1) is 13.2 Å². The Morgan fingerprint density at radius 1 is 0.731 bits per heavy atom. The molecule has 5 heteroatoms. The molecule has 0 rings (SSSR count). The molecule has 0 fully saturated rings. The topological polar surface area (TPSA) is 62.2 Å². The average molecular weight is 376 g/mol. The predicted octanol–water partition coefficient (Wildman–Crippen LogP) is 4.02. The van der Waals surface area contributed by atoms with Crippen LogP contribution in [0.5, 0.6) is 0 Å². The molecule has 0 heterocycles. The lowest BCUT2D eigenvalue weighted by Gasteiger charge is -2.25. The number of hydrogen-bond donors (Lipinski definition) is 2. The smallest absolute Gasteiger partial charge is 0.157 e. The van der Waals surface area contributed by atoms with Gasteiger partial charge < -0.3 is 24.6 Å². The fourth-order valence-corrected chi connectivity index (χ4v) is 3.07. The van der Waals surface area contributed by atoms with E-state index in [2.05, 4.69) is 32.6 Å². The number of aliphatic hydroxyl groups excluding tert-OH is 2. The van der Waals surface area contributed by atoms with Gasteiger partial charge in [-0.25, -0.2) is 0 Å². The molecule has 0 aliphatic rings. The van der Waals surface area contributed by atoms with Gasteiger partial charge >= 0.3 is 0 Å². The van der Waals surface area contributed by atoms with Crippen molar-refractivity contribution in [2.24, 2.45) is 11.8 Å². The van der Waals surface area contributed by atoms with Gasteiger partial charge in [0.15, 0.2) is 12.6 Å². The van der Waals surface area contributed by atoms with E-state index in [1.807, 2.05) is 7.05 Å². The molecule has 0 bridgehead atoms. The Morgan fingerprint density at radius 3 is 1.42 bits per heavy atom. The fraction of sp³-hybridized carbons (Fsp3) is 1.00. The van der Waals surface area contributed by atoms with Crippen LogP contribution in [0.4, 0.5) is 0 Å². The summed E-state index contributed by atoms with van der Waals surface area (Å²) in [6.45, 7) is 11.0. The Kier molecular flexibility index (Phi) is 16.8. The van der Waals surface area contributed by atoms with E-state index >= 15 is 0 Å².